The van der Waals surface area contributed by atoms with E-state index in [0.717, 1.165) is 36.0 Å². The second-order valence-electron chi connectivity index (χ2n) is 14.1. The van der Waals surface area contributed by atoms with Gasteiger partial charge in [-0.25, -0.2) is 9.78 Å². The van der Waals surface area contributed by atoms with E-state index in [1.54, 1.807) is 44.2 Å². The molecule has 0 saturated carbocycles. The van der Waals surface area contributed by atoms with E-state index in [-0.39, 0.29) is 25.4 Å². The topological polar surface area (TPSA) is 152 Å². The van der Waals surface area contributed by atoms with Crippen LogP contribution >= 0.6 is 8.53 Å². The lowest BCUT2D eigenvalue weighted by atomic mass is 9.80. The van der Waals surface area contributed by atoms with Gasteiger partial charge in [-0.2, -0.15) is 5.26 Å². The predicted molar refractivity (Wildman–Crippen MR) is 216 cm³/mol. The fraction of sp³-hybridized carbons (Fsp3) is 0.395. The number of benzene rings is 3. The second kappa shape index (κ2) is 19.4. The highest BCUT2D eigenvalue weighted by Gasteiger charge is 2.44. The van der Waals surface area contributed by atoms with Gasteiger partial charge in [0.2, 0.25) is 0 Å². The van der Waals surface area contributed by atoms with Gasteiger partial charge < -0.3 is 28.0 Å². The first-order chi connectivity index (χ1) is 27.7. The number of nitrogens with zero attached hydrogens (tertiary/aromatic N) is 4. The van der Waals surface area contributed by atoms with Crippen LogP contribution in [0.4, 0.5) is 0 Å². The third-order valence-corrected chi connectivity index (χ3v) is 11.9. The number of aryl methyl sites for hydroxylation is 1. The number of imidazole rings is 1. The zero-order valence-corrected chi connectivity index (χ0v) is 33.8. The van der Waals surface area contributed by atoms with Gasteiger partial charge in [-0.15, -0.1) is 0 Å². The highest BCUT2D eigenvalue weighted by Crippen LogP contribution is 2.49. The van der Waals surface area contributed by atoms with Crippen LogP contribution in [0, 0.1) is 24.2 Å². The van der Waals surface area contributed by atoms with Crippen molar-refractivity contribution in [2.45, 2.75) is 83.0 Å². The summed E-state index contributed by atoms with van der Waals surface area (Å²) in [6, 6.07) is 27.7. The molecule has 1 saturated heterocycles. The van der Waals surface area contributed by atoms with E-state index in [9.17, 15) is 14.9 Å². The average Bonchev–Trinajstić information content (AvgIpc) is 3.93. The molecular formula is C43H50N5O8P. The van der Waals surface area contributed by atoms with Crippen molar-refractivity contribution < 1.29 is 28.0 Å². The molecule has 6 atom stereocenters. The first-order valence-electron chi connectivity index (χ1n) is 19.2. The van der Waals surface area contributed by atoms with E-state index in [1.165, 1.54) is 10.8 Å². The van der Waals surface area contributed by atoms with Crippen LogP contribution in [-0.4, -0.2) is 58.0 Å². The fourth-order valence-electron chi connectivity index (χ4n) is 7.07. The number of aromatic amines is 1. The van der Waals surface area contributed by atoms with Crippen LogP contribution in [0.3, 0.4) is 0 Å². The van der Waals surface area contributed by atoms with Gasteiger partial charge in [0.25, 0.3) is 14.1 Å². The van der Waals surface area contributed by atoms with E-state index in [1.807, 2.05) is 78.9 Å². The van der Waals surface area contributed by atoms with Crippen LogP contribution in [0.1, 0.15) is 74.4 Å². The quantitative estimate of drug-likeness (QED) is 0.0652. The van der Waals surface area contributed by atoms with Crippen molar-refractivity contribution in [3.8, 4) is 17.6 Å². The lowest BCUT2D eigenvalue weighted by Gasteiger charge is -2.37. The summed E-state index contributed by atoms with van der Waals surface area (Å²) in [7, 11) is 1.40. The smallest absolute Gasteiger partial charge is 0.330 e. The van der Waals surface area contributed by atoms with E-state index in [0.29, 0.717) is 17.1 Å². The molecule has 1 N–H and O–H groups in total. The molecule has 0 radical (unpaired) electrons. The number of rotatable bonds is 19. The Kier molecular flexibility index (Phi) is 14.1. The van der Waals surface area contributed by atoms with Crippen LogP contribution in [0.2, 0.25) is 0 Å². The van der Waals surface area contributed by atoms with Crippen molar-refractivity contribution in [3.05, 3.63) is 147 Å². The summed E-state index contributed by atoms with van der Waals surface area (Å²) in [4.78, 5) is 32.3. The summed E-state index contributed by atoms with van der Waals surface area (Å²) in [5.74, 6) is 1.48. The Bertz CT molecular complexity index is 2120. The van der Waals surface area contributed by atoms with Crippen molar-refractivity contribution in [1.29, 1.82) is 5.26 Å². The number of unbranched alkanes of at least 4 members (excludes halogenated alkanes) is 1. The molecule has 1 aliphatic rings. The maximum Gasteiger partial charge on any atom is 0.330 e. The molecule has 0 amide bonds. The molecule has 6 unspecified atom stereocenters. The van der Waals surface area contributed by atoms with Crippen LogP contribution < -0.4 is 20.7 Å². The first kappa shape index (κ1) is 41.5. The lowest BCUT2D eigenvalue weighted by Crippen LogP contribution is -2.38. The van der Waals surface area contributed by atoms with Gasteiger partial charge in [0.1, 0.15) is 35.8 Å². The summed E-state index contributed by atoms with van der Waals surface area (Å²) in [6.45, 7) is 5.87. The summed E-state index contributed by atoms with van der Waals surface area (Å²) in [5.41, 5.74) is 0.678. The van der Waals surface area contributed by atoms with Crippen molar-refractivity contribution in [2.24, 2.45) is 5.92 Å². The van der Waals surface area contributed by atoms with Gasteiger partial charge in [0.05, 0.1) is 45.5 Å². The summed E-state index contributed by atoms with van der Waals surface area (Å²) in [5, 5.41) is 9.81. The number of aromatic nitrogens is 4. The fourth-order valence-corrected chi connectivity index (χ4v) is 8.62. The third-order valence-electron chi connectivity index (χ3n) is 10.3. The maximum absolute atomic E-state index is 13.2. The van der Waals surface area contributed by atoms with Crippen LogP contribution in [0.5, 0.6) is 11.5 Å². The highest BCUT2D eigenvalue weighted by atomic mass is 31.2. The summed E-state index contributed by atoms with van der Waals surface area (Å²) >= 11 is 0. The minimum Gasteiger partial charge on any atom is -0.497 e. The van der Waals surface area contributed by atoms with Gasteiger partial charge in [0, 0.05) is 30.6 Å². The Morgan fingerprint density at radius 1 is 1.00 bits per heavy atom. The molecule has 0 aliphatic carbocycles. The monoisotopic (exact) mass is 795 g/mol. The second-order valence-corrected chi connectivity index (χ2v) is 15.5. The zero-order valence-electron chi connectivity index (χ0n) is 32.9. The molecular weight excluding hydrogens is 745 g/mol. The number of H-pyrrole nitrogens is 1. The molecule has 57 heavy (non-hydrogen) atoms. The van der Waals surface area contributed by atoms with Crippen molar-refractivity contribution >= 4 is 8.53 Å². The Balaban J connectivity index is 1.42. The van der Waals surface area contributed by atoms with Crippen LogP contribution in [0.25, 0.3) is 0 Å². The van der Waals surface area contributed by atoms with Crippen LogP contribution in [-0.2, 0) is 24.1 Å². The highest BCUT2D eigenvalue weighted by molar-refractivity contribution is 7.45. The molecule has 0 bridgehead atoms. The van der Waals surface area contributed by atoms with Crippen molar-refractivity contribution in [1.82, 2.24) is 18.9 Å². The van der Waals surface area contributed by atoms with Gasteiger partial charge >= 0.3 is 5.69 Å². The lowest BCUT2D eigenvalue weighted by molar-refractivity contribution is -0.0922. The van der Waals surface area contributed by atoms with E-state index in [2.05, 4.69) is 29.9 Å². The number of methoxy groups -OCH3 is 2. The molecule has 3 aromatic carbocycles. The van der Waals surface area contributed by atoms with Gasteiger partial charge in [-0.3, -0.25) is 18.7 Å². The zero-order chi connectivity index (χ0) is 40.4. The first-order valence-corrected chi connectivity index (χ1v) is 20.3. The number of hydrogen-bond donors (Lipinski definition) is 1. The molecule has 1 fully saturated rings. The average molecular weight is 796 g/mol. The molecule has 2 aromatic heterocycles. The standard InChI is InChI=1S/C43H50N5O8P/c1-6-7-11-30(2)37(22-23-44)55-57(47-25-24-45-29-47)56-38-26-40(48-27-31(3)41(49)46-42(48)50)54-39(38)28-53-43(32-12-9-8-10-13-32,33-14-18-35(51-4)19-15-33)34-16-20-36(52-5)21-17-34/h8-10,12-21,24-25,27,29-30,37-40H,6-7,11,22,26,28H2,1-5H3,(H,46,49,50). The molecule has 6 rings (SSSR count). The summed E-state index contributed by atoms with van der Waals surface area (Å²) < 4.78 is 41.8. The van der Waals surface area contributed by atoms with Crippen LogP contribution in [0.15, 0.2) is 113 Å². The van der Waals surface area contributed by atoms with Gasteiger partial charge in [-0.05, 0) is 60.2 Å². The third kappa shape index (κ3) is 9.55. The SMILES string of the molecule is CCCCC(C)C(CC#N)OP(OC1CC(n2cc(C)c(=O)[nH]c2=O)OC1COC(c1ccccc1)(c1ccc(OC)cc1)c1ccc(OC)cc1)n1ccnc1. The largest absolute Gasteiger partial charge is 0.497 e. The van der Waals surface area contributed by atoms with Gasteiger partial charge in [-0.1, -0.05) is 81.3 Å². The van der Waals surface area contributed by atoms with Crippen molar-refractivity contribution in [3.63, 3.8) is 0 Å². The predicted octanol–water partition coefficient (Wildman–Crippen LogP) is 7.64. The Labute approximate surface area is 334 Å². The number of ether oxygens (including phenoxy) is 4. The van der Waals surface area contributed by atoms with E-state index < -0.39 is 49.9 Å². The molecule has 300 valence electrons. The Morgan fingerprint density at radius 2 is 1.65 bits per heavy atom. The number of hydrogen-bond acceptors (Lipinski definition) is 10. The minimum atomic E-state index is -1.85. The van der Waals surface area contributed by atoms with Crippen molar-refractivity contribution in [2.75, 3.05) is 20.8 Å². The Hall–Kier alpha value is -5.09. The maximum atomic E-state index is 13.2. The molecule has 0 spiro atoms. The number of nitrogens with one attached hydrogen (secondary N) is 1. The summed E-state index contributed by atoms with van der Waals surface area (Å²) in [6.07, 6.45) is 7.29. The molecule has 1 aliphatic heterocycles. The molecule has 5 aromatic rings. The van der Waals surface area contributed by atoms with E-state index in [4.69, 9.17) is 28.0 Å². The molecule has 13 nitrogen and oxygen atoms in total. The minimum absolute atomic E-state index is 0.00678. The molecule has 14 heteroatoms. The van der Waals surface area contributed by atoms with Gasteiger partial charge in [0.15, 0.2) is 0 Å². The molecule has 3 heterocycles. The number of nitriles is 1. The van der Waals surface area contributed by atoms with E-state index >= 15 is 0 Å². The Morgan fingerprint density at radius 3 is 2.23 bits per heavy atom. The normalized spacial score (nSPS) is 18.4.